The molecule has 8 heteroatoms. The number of carbonyl (C=O) groups is 2. The van der Waals surface area contributed by atoms with Gasteiger partial charge in [0.25, 0.3) is 5.56 Å². The van der Waals surface area contributed by atoms with Crippen molar-refractivity contribution in [1.82, 2.24) is 9.47 Å². The van der Waals surface area contributed by atoms with Gasteiger partial charge >= 0.3 is 12.2 Å². The molecule has 0 spiro atoms. The van der Waals surface area contributed by atoms with Crippen molar-refractivity contribution in [2.75, 3.05) is 18.4 Å². The Balaban J connectivity index is 1.65. The smallest absolute Gasteiger partial charge is 0.412 e. The van der Waals surface area contributed by atoms with Crippen LogP contribution in [0.4, 0.5) is 15.3 Å². The van der Waals surface area contributed by atoms with Crippen LogP contribution in [0.25, 0.3) is 0 Å². The number of amides is 2. The van der Waals surface area contributed by atoms with Crippen LogP contribution < -0.4 is 10.9 Å². The maximum Gasteiger partial charge on any atom is 0.412 e. The summed E-state index contributed by atoms with van der Waals surface area (Å²) in [7, 11) is 0. The first-order valence-corrected chi connectivity index (χ1v) is 10.4. The first-order chi connectivity index (χ1) is 14.7. The summed E-state index contributed by atoms with van der Waals surface area (Å²) in [5.41, 5.74) is 0.0721. The molecule has 0 unspecified atom stereocenters. The Bertz CT molecular complexity index is 965. The number of carbonyl (C=O) groups excluding carboxylic acids is 2. The van der Waals surface area contributed by atoms with Crippen molar-refractivity contribution < 1.29 is 19.1 Å². The molecular formula is C23H29N3O5. The summed E-state index contributed by atoms with van der Waals surface area (Å²) in [5.74, 6) is 0. The highest BCUT2D eigenvalue weighted by atomic mass is 16.6. The number of aromatic nitrogens is 1. The van der Waals surface area contributed by atoms with Gasteiger partial charge in [0.15, 0.2) is 0 Å². The van der Waals surface area contributed by atoms with E-state index in [1.54, 1.807) is 21.7 Å². The first kappa shape index (κ1) is 22.4. The van der Waals surface area contributed by atoms with E-state index in [9.17, 15) is 14.4 Å². The number of nitrogens with one attached hydrogen (secondary N) is 1. The molecule has 2 heterocycles. The van der Waals surface area contributed by atoms with E-state index >= 15 is 0 Å². The Morgan fingerprint density at radius 1 is 1.13 bits per heavy atom. The number of likely N-dealkylation sites (tertiary alicyclic amines) is 1. The molecule has 1 fully saturated rings. The van der Waals surface area contributed by atoms with Crippen molar-refractivity contribution >= 4 is 17.9 Å². The van der Waals surface area contributed by atoms with E-state index in [1.165, 1.54) is 6.07 Å². The highest BCUT2D eigenvalue weighted by molar-refractivity contribution is 5.84. The third-order valence-corrected chi connectivity index (χ3v) is 4.87. The summed E-state index contributed by atoms with van der Waals surface area (Å²) >= 11 is 0. The minimum atomic E-state index is -0.697. The molecule has 0 bridgehead atoms. The quantitative estimate of drug-likeness (QED) is 0.791. The summed E-state index contributed by atoms with van der Waals surface area (Å²) < 4.78 is 12.2. The lowest BCUT2D eigenvalue weighted by atomic mass is 10.1. The molecule has 1 aromatic heterocycles. The van der Waals surface area contributed by atoms with Crippen molar-refractivity contribution in [2.24, 2.45) is 0 Å². The highest BCUT2D eigenvalue weighted by Crippen LogP contribution is 2.22. The van der Waals surface area contributed by atoms with E-state index in [1.807, 2.05) is 51.1 Å². The standard InChI is InChI=1S/C23H29N3O5/c1-23(2,3)31-22(29)25-13-7-11-18(15-25)26-14-8-12-19(20(26)27)24-21(28)30-16-17-9-5-4-6-10-17/h4-6,8-10,12,14,18H,7,11,13,15-16H2,1-3H3,(H,24,28)/t18-/m1/s1. The molecule has 0 radical (unpaired) electrons. The predicted octanol–water partition coefficient (Wildman–Crippen LogP) is 4.17. The van der Waals surface area contributed by atoms with Crippen molar-refractivity contribution in [3.63, 3.8) is 0 Å². The number of benzene rings is 1. The molecule has 2 amide bonds. The van der Waals surface area contributed by atoms with Crippen LogP contribution in [0, 0.1) is 0 Å². The Labute approximate surface area is 181 Å². The molecule has 0 saturated carbocycles. The monoisotopic (exact) mass is 427 g/mol. The van der Waals surface area contributed by atoms with Gasteiger partial charge in [-0.1, -0.05) is 30.3 Å². The van der Waals surface area contributed by atoms with Crippen LogP contribution >= 0.6 is 0 Å². The van der Waals surface area contributed by atoms with Crippen molar-refractivity contribution in [1.29, 1.82) is 0 Å². The third kappa shape index (κ3) is 6.34. The fourth-order valence-corrected chi connectivity index (χ4v) is 3.44. The van der Waals surface area contributed by atoms with E-state index in [-0.39, 0.29) is 30.0 Å². The molecule has 1 saturated heterocycles. The molecule has 0 aliphatic carbocycles. The second-order valence-electron chi connectivity index (χ2n) is 8.54. The topological polar surface area (TPSA) is 89.9 Å². The second-order valence-corrected chi connectivity index (χ2v) is 8.54. The lowest BCUT2D eigenvalue weighted by molar-refractivity contribution is 0.0171. The molecule has 1 aliphatic rings. The molecule has 3 rings (SSSR count). The van der Waals surface area contributed by atoms with E-state index in [4.69, 9.17) is 9.47 Å². The number of pyridine rings is 1. The van der Waals surface area contributed by atoms with E-state index in [0.29, 0.717) is 13.1 Å². The highest BCUT2D eigenvalue weighted by Gasteiger charge is 2.29. The van der Waals surface area contributed by atoms with Gasteiger partial charge in [-0.3, -0.25) is 10.1 Å². The lowest BCUT2D eigenvalue weighted by Crippen LogP contribution is -2.45. The number of anilines is 1. The zero-order chi connectivity index (χ0) is 22.4. The van der Waals surface area contributed by atoms with Crippen LogP contribution in [0.1, 0.15) is 45.2 Å². The van der Waals surface area contributed by atoms with E-state index in [0.717, 1.165) is 18.4 Å². The van der Waals surface area contributed by atoms with Crippen LogP contribution in [-0.2, 0) is 16.1 Å². The fraction of sp³-hybridized carbons (Fsp3) is 0.435. The second kappa shape index (κ2) is 9.68. The van der Waals surface area contributed by atoms with Crippen molar-refractivity contribution in [3.8, 4) is 0 Å². The lowest BCUT2D eigenvalue weighted by Gasteiger charge is -2.34. The van der Waals surface area contributed by atoms with Crippen molar-refractivity contribution in [3.05, 3.63) is 64.6 Å². The first-order valence-electron chi connectivity index (χ1n) is 10.4. The molecular weight excluding hydrogens is 398 g/mol. The molecule has 2 aromatic rings. The Morgan fingerprint density at radius 2 is 1.87 bits per heavy atom. The maximum atomic E-state index is 12.9. The SMILES string of the molecule is CC(C)(C)OC(=O)N1CCC[C@@H](n2cccc(NC(=O)OCc3ccccc3)c2=O)C1. The van der Waals surface area contributed by atoms with Gasteiger partial charge in [0.1, 0.15) is 17.9 Å². The average Bonchev–Trinajstić information content (AvgIpc) is 2.73. The number of hydrogen-bond acceptors (Lipinski definition) is 5. The molecule has 1 atom stereocenters. The van der Waals surface area contributed by atoms with Crippen LogP contribution in [0.2, 0.25) is 0 Å². The fourth-order valence-electron chi connectivity index (χ4n) is 3.44. The number of hydrogen-bond donors (Lipinski definition) is 1. The zero-order valence-electron chi connectivity index (χ0n) is 18.2. The maximum absolute atomic E-state index is 12.9. The van der Waals surface area contributed by atoms with Crippen LogP contribution in [-0.4, -0.2) is 40.3 Å². The summed E-state index contributed by atoms with van der Waals surface area (Å²) in [6, 6.07) is 12.3. The van der Waals surface area contributed by atoms with Gasteiger partial charge in [-0.05, 0) is 51.3 Å². The average molecular weight is 428 g/mol. The summed E-state index contributed by atoms with van der Waals surface area (Å²) in [4.78, 5) is 39.1. The van der Waals surface area contributed by atoms with Gasteiger partial charge in [0, 0.05) is 19.3 Å². The molecule has 1 N–H and O–H groups in total. The van der Waals surface area contributed by atoms with Crippen LogP contribution in [0.5, 0.6) is 0 Å². The summed E-state index contributed by atoms with van der Waals surface area (Å²) in [5, 5.41) is 2.53. The Morgan fingerprint density at radius 3 is 2.58 bits per heavy atom. The predicted molar refractivity (Wildman–Crippen MR) is 117 cm³/mol. The largest absolute Gasteiger partial charge is 0.444 e. The van der Waals surface area contributed by atoms with Crippen molar-refractivity contribution in [2.45, 2.75) is 51.9 Å². The van der Waals surface area contributed by atoms with Gasteiger partial charge < -0.3 is 18.9 Å². The summed E-state index contributed by atoms with van der Waals surface area (Å²) in [6.07, 6.45) is 2.10. The van der Waals surface area contributed by atoms with E-state index < -0.39 is 11.7 Å². The van der Waals surface area contributed by atoms with Crippen LogP contribution in [0.3, 0.4) is 0 Å². The third-order valence-electron chi connectivity index (χ3n) is 4.87. The van der Waals surface area contributed by atoms with Gasteiger partial charge in [-0.2, -0.15) is 0 Å². The molecule has 1 aromatic carbocycles. The molecule has 31 heavy (non-hydrogen) atoms. The Hall–Kier alpha value is -3.29. The normalized spacial score (nSPS) is 16.5. The minimum Gasteiger partial charge on any atom is -0.444 e. The van der Waals surface area contributed by atoms with Gasteiger partial charge in [0.2, 0.25) is 0 Å². The number of piperidine rings is 1. The van der Waals surface area contributed by atoms with E-state index in [2.05, 4.69) is 5.32 Å². The number of nitrogens with zero attached hydrogens (tertiary/aromatic N) is 2. The molecule has 8 nitrogen and oxygen atoms in total. The van der Waals surface area contributed by atoms with Gasteiger partial charge in [-0.15, -0.1) is 0 Å². The number of rotatable bonds is 4. The zero-order valence-corrected chi connectivity index (χ0v) is 18.2. The molecule has 1 aliphatic heterocycles. The van der Waals surface area contributed by atoms with Gasteiger partial charge in [-0.25, -0.2) is 9.59 Å². The Kier molecular flexibility index (Phi) is 6.99. The minimum absolute atomic E-state index is 0.112. The number of ether oxygens (including phenoxy) is 2. The van der Waals surface area contributed by atoms with Crippen LogP contribution in [0.15, 0.2) is 53.5 Å². The molecule has 166 valence electrons. The summed E-state index contributed by atoms with van der Waals surface area (Å²) in [6.45, 7) is 6.54. The van der Waals surface area contributed by atoms with Gasteiger partial charge in [0.05, 0.1) is 6.04 Å².